The molecule has 0 fully saturated rings. The van der Waals surface area contributed by atoms with Crippen molar-refractivity contribution in [2.45, 2.75) is 12.5 Å². The zero-order valence-corrected chi connectivity index (χ0v) is 28.9. The number of carbonyl (C=O) groups excluding carboxylic acids is 2. The molecule has 0 radical (unpaired) electrons. The number of fused-ring (bicyclic) bond motifs is 2. The lowest BCUT2D eigenvalue weighted by Gasteiger charge is -2.38. The summed E-state index contributed by atoms with van der Waals surface area (Å²) >= 11 is 25.3. The summed E-state index contributed by atoms with van der Waals surface area (Å²) < 4.78 is 7.09. The topological polar surface area (TPSA) is 73.9 Å². The van der Waals surface area contributed by atoms with Gasteiger partial charge in [-0.25, -0.2) is 0 Å². The maximum atomic E-state index is 14.3. The van der Waals surface area contributed by atoms with Gasteiger partial charge in [-0.2, -0.15) is 0 Å². The lowest BCUT2D eigenvalue weighted by Crippen LogP contribution is -2.37. The third kappa shape index (κ3) is 5.77. The number of carbonyl (C=O) groups is 2. The molecule has 0 bridgehead atoms. The second-order valence-corrected chi connectivity index (χ2v) is 12.7. The summed E-state index contributed by atoms with van der Waals surface area (Å²) in [5.74, 6) is 0.639. The minimum absolute atomic E-state index is 0.205. The Balaban J connectivity index is 1.54. The Hall–Kier alpha value is -3.98. The minimum atomic E-state index is -0.780. The van der Waals surface area contributed by atoms with E-state index in [-0.39, 0.29) is 11.6 Å². The van der Waals surface area contributed by atoms with E-state index in [4.69, 9.17) is 51.1 Å². The van der Waals surface area contributed by atoms with E-state index in [2.05, 4.69) is 10.6 Å². The number of nitrogens with zero attached hydrogens (tertiary/aromatic N) is 2. The van der Waals surface area contributed by atoms with E-state index in [1.165, 1.54) is 0 Å². The number of nitrogens with one attached hydrogen (secondary N) is 2. The first kappa shape index (κ1) is 32.9. The van der Waals surface area contributed by atoms with Gasteiger partial charge in [0, 0.05) is 50.4 Å². The number of rotatable bonds is 6. The maximum Gasteiger partial charge on any atom is 0.197 e. The average Bonchev–Trinajstić information content (AvgIpc) is 3.22. The Morgan fingerprint density at radius 3 is 1.32 bits per heavy atom. The molecule has 0 unspecified atom stereocenters. The van der Waals surface area contributed by atoms with Crippen LogP contribution in [0.5, 0.6) is 0 Å². The number of ketones is 2. The average molecular weight is 708 g/mol. The molecule has 7 nitrogen and oxygen atoms in total. The highest BCUT2D eigenvalue weighted by Gasteiger charge is 2.39. The van der Waals surface area contributed by atoms with Crippen LogP contribution in [0, 0.1) is 0 Å². The zero-order valence-electron chi connectivity index (χ0n) is 25.9. The van der Waals surface area contributed by atoms with Crippen LogP contribution in [0.25, 0.3) is 11.1 Å². The van der Waals surface area contributed by atoms with Gasteiger partial charge in [0.1, 0.15) is 11.6 Å². The van der Waals surface area contributed by atoms with Crippen LogP contribution >= 0.6 is 46.4 Å². The minimum Gasteiger partial charge on any atom is -0.374 e. The van der Waals surface area contributed by atoms with Crippen molar-refractivity contribution in [1.29, 1.82) is 0 Å². The van der Waals surface area contributed by atoms with Gasteiger partial charge in [0.2, 0.25) is 0 Å². The molecule has 2 aliphatic rings. The standard InChI is InChI=1S/C36H30Cl4N4O3/c1-41-33-29(19-13-15-25(37)27(39)17-19)31(45)21-9-5-7-11-23(21)35(43(33)3)47-36-24-12-8-6-10-22(24)32(46)30(34(42-2)44(36)4)20-14-16-26(38)28(40)18-20/h5-18,35-36,41-42H,1-4H3/t35-,36-/m0/s1. The Bertz CT molecular complexity index is 1850. The summed E-state index contributed by atoms with van der Waals surface area (Å²) in [4.78, 5) is 32.5. The van der Waals surface area contributed by atoms with Gasteiger partial charge in [-0.05, 0) is 35.4 Å². The number of hydrogen-bond donors (Lipinski definition) is 2. The third-order valence-electron chi connectivity index (χ3n) is 8.43. The van der Waals surface area contributed by atoms with Crippen molar-refractivity contribution in [3.8, 4) is 0 Å². The second-order valence-electron chi connectivity index (χ2n) is 11.1. The van der Waals surface area contributed by atoms with E-state index in [0.29, 0.717) is 76.3 Å². The molecule has 240 valence electrons. The Labute approximate surface area is 293 Å². The molecule has 0 spiro atoms. The number of Topliss-reactive ketones (excluding diaryl/α,β-unsaturated/α-hetero) is 2. The molecule has 2 heterocycles. The fraction of sp³-hybridized carbons (Fsp3) is 0.167. The van der Waals surface area contributed by atoms with Crippen molar-refractivity contribution in [1.82, 2.24) is 20.4 Å². The van der Waals surface area contributed by atoms with Crippen LogP contribution in [0.15, 0.2) is 96.6 Å². The van der Waals surface area contributed by atoms with Gasteiger partial charge in [-0.1, -0.05) is 107 Å². The number of benzene rings is 4. The summed E-state index contributed by atoms with van der Waals surface area (Å²) in [7, 11) is 7.21. The third-order valence-corrected chi connectivity index (χ3v) is 9.91. The molecule has 4 aromatic rings. The van der Waals surface area contributed by atoms with Crippen molar-refractivity contribution >= 4 is 69.1 Å². The lowest BCUT2D eigenvalue weighted by atomic mass is 9.94. The molecule has 2 atom stereocenters. The molecule has 6 rings (SSSR count). The Morgan fingerprint density at radius 1 is 0.574 bits per heavy atom. The summed E-state index contributed by atoms with van der Waals surface area (Å²) in [6.45, 7) is 0. The molecule has 0 saturated heterocycles. The van der Waals surface area contributed by atoms with Crippen molar-refractivity contribution in [2.75, 3.05) is 28.2 Å². The monoisotopic (exact) mass is 706 g/mol. The fourth-order valence-electron chi connectivity index (χ4n) is 6.22. The predicted molar refractivity (Wildman–Crippen MR) is 189 cm³/mol. The quantitative estimate of drug-likeness (QED) is 0.208. The van der Waals surface area contributed by atoms with Gasteiger partial charge in [0.25, 0.3) is 0 Å². The van der Waals surface area contributed by atoms with E-state index in [1.807, 2.05) is 60.3 Å². The zero-order chi connectivity index (χ0) is 33.6. The summed E-state index contributed by atoms with van der Waals surface area (Å²) in [5, 5.41) is 7.90. The summed E-state index contributed by atoms with van der Waals surface area (Å²) in [6, 6.07) is 25.0. The van der Waals surface area contributed by atoms with Crippen molar-refractivity contribution in [2.24, 2.45) is 0 Å². The molecule has 0 amide bonds. The van der Waals surface area contributed by atoms with Gasteiger partial charge < -0.3 is 25.2 Å². The number of ether oxygens (including phenoxy) is 1. The van der Waals surface area contributed by atoms with Crippen molar-refractivity contribution < 1.29 is 14.3 Å². The highest BCUT2D eigenvalue weighted by Crippen LogP contribution is 2.44. The van der Waals surface area contributed by atoms with Crippen LogP contribution in [-0.2, 0) is 4.74 Å². The number of halogens is 4. The Morgan fingerprint density at radius 2 is 0.957 bits per heavy atom. The van der Waals surface area contributed by atoms with Gasteiger partial charge >= 0.3 is 0 Å². The van der Waals surface area contributed by atoms with Crippen molar-refractivity contribution in [3.05, 3.63) is 150 Å². The van der Waals surface area contributed by atoms with E-state index >= 15 is 0 Å². The predicted octanol–water partition coefficient (Wildman–Crippen LogP) is 8.45. The first-order chi connectivity index (χ1) is 22.6. The normalized spacial score (nSPS) is 18.1. The number of allylic oxidation sites excluding steroid dienone is 2. The lowest BCUT2D eigenvalue weighted by molar-refractivity contribution is -0.135. The highest BCUT2D eigenvalue weighted by molar-refractivity contribution is 6.43. The highest BCUT2D eigenvalue weighted by atomic mass is 35.5. The molecular formula is C36H30Cl4N4O3. The fourth-order valence-corrected chi connectivity index (χ4v) is 6.82. The van der Waals surface area contributed by atoms with Gasteiger partial charge in [-0.15, -0.1) is 0 Å². The van der Waals surface area contributed by atoms with Crippen molar-refractivity contribution in [3.63, 3.8) is 0 Å². The SMILES string of the molecule is CNC1=C(c2ccc(Cl)c(Cl)c2)C(=O)c2ccccc2[C@H](O[C@H]2c3ccccc3C(=O)C(c3ccc(Cl)c(Cl)c3)=C(NC)N2C)N1C. The molecule has 4 aromatic carbocycles. The largest absolute Gasteiger partial charge is 0.374 e. The van der Waals surface area contributed by atoms with E-state index in [1.54, 1.807) is 62.6 Å². The first-order valence-electron chi connectivity index (χ1n) is 14.7. The Kier molecular flexibility index (Phi) is 9.29. The molecule has 0 aromatic heterocycles. The van der Waals surface area contributed by atoms with Gasteiger partial charge in [-0.3, -0.25) is 9.59 Å². The molecule has 0 aliphatic carbocycles. The second kappa shape index (κ2) is 13.3. The molecular weight excluding hydrogens is 678 g/mol. The van der Waals surface area contributed by atoms with E-state index < -0.39 is 12.5 Å². The van der Waals surface area contributed by atoms with Crippen LogP contribution < -0.4 is 10.6 Å². The van der Waals surface area contributed by atoms with Crippen LogP contribution in [0.1, 0.15) is 55.4 Å². The molecule has 47 heavy (non-hydrogen) atoms. The van der Waals surface area contributed by atoms with Crippen LogP contribution in [0.3, 0.4) is 0 Å². The van der Waals surface area contributed by atoms with Gasteiger partial charge in [0.15, 0.2) is 24.0 Å². The van der Waals surface area contributed by atoms with Crippen LogP contribution in [0.2, 0.25) is 20.1 Å². The smallest absolute Gasteiger partial charge is 0.197 e. The van der Waals surface area contributed by atoms with Gasteiger partial charge in [0.05, 0.1) is 31.2 Å². The van der Waals surface area contributed by atoms with E-state index in [9.17, 15) is 9.59 Å². The molecule has 11 heteroatoms. The first-order valence-corrected chi connectivity index (χ1v) is 16.2. The molecule has 0 saturated carbocycles. The summed E-state index contributed by atoms with van der Waals surface area (Å²) in [5.41, 5.74) is 4.28. The van der Waals surface area contributed by atoms with Crippen LogP contribution in [0.4, 0.5) is 0 Å². The molecule has 2 N–H and O–H groups in total. The maximum absolute atomic E-state index is 14.3. The van der Waals surface area contributed by atoms with Crippen LogP contribution in [-0.4, -0.2) is 49.6 Å². The summed E-state index contributed by atoms with van der Waals surface area (Å²) in [6.07, 6.45) is -1.56. The van der Waals surface area contributed by atoms with E-state index in [0.717, 1.165) is 0 Å². The number of hydrogen-bond acceptors (Lipinski definition) is 7. The molecule has 2 aliphatic heterocycles.